The quantitative estimate of drug-likeness (QED) is 0.199. The number of benzene rings is 2. The molecule has 0 radical (unpaired) electrons. The highest BCUT2D eigenvalue weighted by atomic mass is 35.5. The van der Waals surface area contributed by atoms with Gasteiger partial charge in [-0.2, -0.15) is 9.97 Å². The van der Waals surface area contributed by atoms with Gasteiger partial charge in [0.25, 0.3) is 0 Å². The van der Waals surface area contributed by atoms with Gasteiger partial charge in [-0.15, -0.1) is 0 Å². The van der Waals surface area contributed by atoms with Crippen molar-refractivity contribution in [1.82, 2.24) is 24.8 Å². The summed E-state index contributed by atoms with van der Waals surface area (Å²) in [5.74, 6) is -1.04. The molecule has 0 aliphatic carbocycles. The lowest BCUT2D eigenvalue weighted by Gasteiger charge is -2.27. The van der Waals surface area contributed by atoms with Gasteiger partial charge in [0.2, 0.25) is 5.91 Å². The summed E-state index contributed by atoms with van der Waals surface area (Å²) in [4.78, 5) is 43.9. The van der Waals surface area contributed by atoms with Crippen LogP contribution >= 0.6 is 11.6 Å². The third-order valence-electron chi connectivity index (χ3n) is 8.75. The Morgan fingerprint density at radius 2 is 1.93 bits per heavy atom. The molecule has 2 saturated heterocycles. The van der Waals surface area contributed by atoms with Crippen molar-refractivity contribution in [3.05, 3.63) is 65.6 Å². The molecule has 2 atom stereocenters. The lowest BCUT2D eigenvalue weighted by Crippen LogP contribution is -2.37. The second-order valence-electron chi connectivity index (χ2n) is 11.4. The maximum absolute atomic E-state index is 16.6. The van der Waals surface area contributed by atoms with Crippen LogP contribution < -0.4 is 9.64 Å². The van der Waals surface area contributed by atoms with Crippen LogP contribution in [0.2, 0.25) is 5.02 Å². The SMILES string of the molecule is COC(=O)/C=C/C(=O)N1CC[C@@H](N(C)c2nc(OC[C@@H]3CCCN3C)nc3c(F)c(-c4cccc5cccc(Cl)c45)ncc23)C1. The predicted molar refractivity (Wildman–Crippen MR) is 171 cm³/mol. The van der Waals surface area contributed by atoms with E-state index >= 15 is 4.39 Å². The third kappa shape index (κ3) is 6.14. The topological polar surface area (TPSA) is 101 Å². The van der Waals surface area contributed by atoms with Gasteiger partial charge in [-0.25, -0.2) is 9.18 Å². The van der Waals surface area contributed by atoms with Crippen LogP contribution in [0.4, 0.5) is 10.2 Å². The van der Waals surface area contributed by atoms with Crippen LogP contribution in [0.25, 0.3) is 32.9 Å². The predicted octanol–water partition coefficient (Wildman–Crippen LogP) is 4.88. The number of nitrogens with zero attached hydrogens (tertiary/aromatic N) is 6. The number of ether oxygens (including phenoxy) is 2. The molecule has 2 aromatic carbocycles. The molecule has 1 amide bonds. The summed E-state index contributed by atoms with van der Waals surface area (Å²) >= 11 is 6.58. The zero-order chi connectivity index (χ0) is 31.7. The number of pyridine rings is 1. The number of carbonyl (C=O) groups is 2. The normalized spacial score (nSPS) is 18.7. The molecule has 10 nitrogen and oxygen atoms in total. The minimum Gasteiger partial charge on any atom is -0.466 e. The van der Waals surface area contributed by atoms with Gasteiger partial charge >= 0.3 is 12.0 Å². The first-order chi connectivity index (χ1) is 21.7. The molecule has 0 spiro atoms. The minimum atomic E-state index is -0.601. The number of halogens is 2. The first-order valence-corrected chi connectivity index (χ1v) is 15.3. The van der Waals surface area contributed by atoms with E-state index in [1.807, 2.05) is 36.2 Å². The molecule has 2 aromatic heterocycles. The number of aromatic nitrogens is 3. The first-order valence-electron chi connectivity index (χ1n) is 14.9. The Morgan fingerprint density at radius 3 is 2.69 bits per heavy atom. The van der Waals surface area contributed by atoms with Crippen LogP contribution in [0, 0.1) is 5.82 Å². The van der Waals surface area contributed by atoms with Gasteiger partial charge in [0, 0.05) is 66.5 Å². The fraction of sp³-hybridized carbons (Fsp3) is 0.364. The minimum absolute atomic E-state index is 0.0728. The highest BCUT2D eigenvalue weighted by Crippen LogP contribution is 2.37. The van der Waals surface area contributed by atoms with Crippen molar-refractivity contribution < 1.29 is 23.5 Å². The van der Waals surface area contributed by atoms with Crippen molar-refractivity contribution in [1.29, 1.82) is 0 Å². The standard InChI is InChI=1S/C33H34ClFN6O4/c1-39-15-6-9-22(39)19-45-33-37-31-24(17-36-30(29(31)35)23-10-4-7-20-8-5-11-25(34)28(20)23)32(38-33)40(2)21-14-16-41(18-21)26(42)12-13-27(43)44-3/h4-5,7-8,10-13,17,21-22H,6,9,14-16,18-19H2,1-3H3/b13-12+/t21-,22+/m1/s1. The monoisotopic (exact) mass is 632 g/mol. The summed E-state index contributed by atoms with van der Waals surface area (Å²) in [6.07, 6.45) is 6.63. The van der Waals surface area contributed by atoms with E-state index in [0.717, 1.165) is 30.8 Å². The summed E-state index contributed by atoms with van der Waals surface area (Å²) in [7, 11) is 5.17. The van der Waals surface area contributed by atoms with E-state index in [0.29, 0.717) is 53.3 Å². The Bertz CT molecular complexity index is 1800. The molecule has 234 valence electrons. The summed E-state index contributed by atoms with van der Waals surface area (Å²) in [5, 5.41) is 2.50. The number of likely N-dealkylation sites (N-methyl/N-ethyl adjacent to an activating group) is 2. The number of esters is 1. The van der Waals surface area contributed by atoms with Gasteiger partial charge in [-0.05, 0) is 44.3 Å². The highest BCUT2D eigenvalue weighted by Gasteiger charge is 2.31. The molecular weight excluding hydrogens is 599 g/mol. The number of methoxy groups -OCH3 is 1. The average Bonchev–Trinajstić information content (AvgIpc) is 3.71. The van der Waals surface area contributed by atoms with E-state index < -0.39 is 11.8 Å². The zero-order valence-electron chi connectivity index (χ0n) is 25.4. The number of likely N-dealkylation sites (tertiary alicyclic amines) is 2. The van der Waals surface area contributed by atoms with Crippen LogP contribution in [0.15, 0.2) is 54.7 Å². The molecule has 0 N–H and O–H groups in total. The lowest BCUT2D eigenvalue weighted by molar-refractivity contribution is -0.135. The summed E-state index contributed by atoms with van der Waals surface area (Å²) in [6, 6.07) is 11.3. The molecule has 0 unspecified atom stereocenters. The number of anilines is 1. The molecule has 2 aliphatic heterocycles. The summed E-state index contributed by atoms with van der Waals surface area (Å²) in [5.41, 5.74) is 0.777. The number of rotatable bonds is 8. The van der Waals surface area contributed by atoms with E-state index in [9.17, 15) is 9.59 Å². The number of fused-ring (bicyclic) bond motifs is 2. The summed E-state index contributed by atoms with van der Waals surface area (Å²) in [6.45, 7) is 2.24. The molecule has 45 heavy (non-hydrogen) atoms. The number of hydrogen-bond acceptors (Lipinski definition) is 9. The zero-order valence-corrected chi connectivity index (χ0v) is 26.1. The Hall–Kier alpha value is -4.35. The Balaban J connectivity index is 1.38. The van der Waals surface area contributed by atoms with Crippen molar-refractivity contribution in [3.63, 3.8) is 0 Å². The van der Waals surface area contributed by atoms with E-state index in [4.69, 9.17) is 21.3 Å². The Kier molecular flexibility index (Phi) is 8.82. The van der Waals surface area contributed by atoms with Gasteiger partial charge in [0.05, 0.1) is 12.5 Å². The fourth-order valence-electron chi connectivity index (χ4n) is 6.14. The fourth-order valence-corrected chi connectivity index (χ4v) is 6.42. The molecule has 0 bridgehead atoms. The number of amides is 1. The maximum atomic E-state index is 16.6. The van der Waals surface area contributed by atoms with Gasteiger partial charge in [0.1, 0.15) is 23.6 Å². The van der Waals surface area contributed by atoms with E-state index in [-0.39, 0.29) is 35.2 Å². The van der Waals surface area contributed by atoms with Gasteiger partial charge in [-0.1, -0.05) is 41.9 Å². The van der Waals surface area contributed by atoms with E-state index in [1.54, 1.807) is 23.2 Å². The van der Waals surface area contributed by atoms with Crippen LogP contribution in [-0.2, 0) is 14.3 Å². The van der Waals surface area contributed by atoms with Crippen LogP contribution in [-0.4, -0.2) is 96.2 Å². The molecule has 0 saturated carbocycles. The molecule has 4 heterocycles. The van der Waals surface area contributed by atoms with E-state index in [1.165, 1.54) is 13.2 Å². The molecule has 12 heteroatoms. The van der Waals surface area contributed by atoms with Crippen molar-refractivity contribution in [2.24, 2.45) is 0 Å². The second kappa shape index (κ2) is 12.9. The largest absolute Gasteiger partial charge is 0.466 e. The number of hydrogen-bond donors (Lipinski definition) is 0. The molecule has 6 rings (SSSR count). The van der Waals surface area contributed by atoms with Crippen LogP contribution in [0.3, 0.4) is 0 Å². The smallest absolute Gasteiger partial charge is 0.330 e. The maximum Gasteiger partial charge on any atom is 0.330 e. The Morgan fingerprint density at radius 1 is 1.13 bits per heavy atom. The second-order valence-corrected chi connectivity index (χ2v) is 11.8. The average molecular weight is 633 g/mol. The molecule has 2 aliphatic rings. The van der Waals surface area contributed by atoms with E-state index in [2.05, 4.69) is 26.7 Å². The molecule has 4 aromatic rings. The molecule has 2 fully saturated rings. The first kappa shape index (κ1) is 30.7. The summed E-state index contributed by atoms with van der Waals surface area (Å²) < 4.78 is 27.3. The van der Waals surface area contributed by atoms with Crippen LogP contribution in [0.5, 0.6) is 6.01 Å². The van der Waals surface area contributed by atoms with Crippen LogP contribution in [0.1, 0.15) is 19.3 Å². The lowest BCUT2D eigenvalue weighted by atomic mass is 10.0. The van der Waals surface area contributed by atoms with Crippen molar-refractivity contribution in [2.75, 3.05) is 52.3 Å². The Labute approximate surface area is 265 Å². The third-order valence-corrected chi connectivity index (χ3v) is 9.06. The van der Waals surface area contributed by atoms with Crippen molar-refractivity contribution in [3.8, 4) is 17.3 Å². The molecular formula is C33H34ClFN6O4. The highest BCUT2D eigenvalue weighted by molar-refractivity contribution is 6.36. The number of carbonyl (C=O) groups excluding carboxylic acids is 2. The van der Waals surface area contributed by atoms with Crippen molar-refractivity contribution >= 4 is 51.0 Å². The van der Waals surface area contributed by atoms with Crippen molar-refractivity contribution in [2.45, 2.75) is 31.3 Å². The van der Waals surface area contributed by atoms with Gasteiger partial charge in [-0.3, -0.25) is 9.78 Å². The van der Waals surface area contributed by atoms with Gasteiger partial charge in [0.15, 0.2) is 5.82 Å². The van der Waals surface area contributed by atoms with Gasteiger partial charge < -0.3 is 24.2 Å².